The quantitative estimate of drug-likeness (QED) is 0.202. The van der Waals surface area contributed by atoms with Crippen LogP contribution in [0.5, 0.6) is 0 Å². The summed E-state index contributed by atoms with van der Waals surface area (Å²) in [6.07, 6.45) is 7.88. The van der Waals surface area contributed by atoms with Crippen LogP contribution in [-0.2, 0) is 9.63 Å². The van der Waals surface area contributed by atoms with Crippen LogP contribution in [0.3, 0.4) is 0 Å². The van der Waals surface area contributed by atoms with Crippen molar-refractivity contribution >= 4 is 29.6 Å². The molecule has 0 unspecified atom stereocenters. The second-order valence-electron chi connectivity index (χ2n) is 6.93. The summed E-state index contributed by atoms with van der Waals surface area (Å²) in [6.45, 7) is 2.18. The summed E-state index contributed by atoms with van der Waals surface area (Å²) >= 11 is 0. The van der Waals surface area contributed by atoms with Gasteiger partial charge in [-0.2, -0.15) is 0 Å². The van der Waals surface area contributed by atoms with Gasteiger partial charge in [0.1, 0.15) is 5.82 Å². The normalized spacial score (nSPS) is 10.7. The number of benzene rings is 2. The summed E-state index contributed by atoms with van der Waals surface area (Å²) in [4.78, 5) is 28.4. The van der Waals surface area contributed by atoms with Gasteiger partial charge in [-0.15, -0.1) is 0 Å². The van der Waals surface area contributed by atoms with Crippen molar-refractivity contribution in [2.45, 2.75) is 51.9 Å². The van der Waals surface area contributed by atoms with Gasteiger partial charge in [-0.1, -0.05) is 56.3 Å². The predicted octanol–water partition coefficient (Wildman–Crippen LogP) is 6.10. The van der Waals surface area contributed by atoms with E-state index in [1.54, 1.807) is 24.3 Å². The maximum atomic E-state index is 12.8. The molecule has 2 aromatic carbocycles. The van der Waals surface area contributed by atoms with E-state index in [0.29, 0.717) is 23.4 Å². The van der Waals surface area contributed by atoms with Crippen LogP contribution in [0.4, 0.5) is 20.6 Å². The molecule has 0 aliphatic rings. The number of hydrogen-bond donors (Lipinski definition) is 2. The molecule has 2 rings (SSSR count). The molecule has 0 heterocycles. The summed E-state index contributed by atoms with van der Waals surface area (Å²) in [6, 6.07) is 12.3. The lowest BCUT2D eigenvalue weighted by molar-refractivity contribution is -0.116. The first kappa shape index (κ1) is 23.1. The van der Waals surface area contributed by atoms with Crippen LogP contribution >= 0.6 is 0 Å². The Balaban J connectivity index is 1.68. The average Bonchev–Trinajstić information content (AvgIpc) is 2.73. The van der Waals surface area contributed by atoms with Gasteiger partial charge in [0.05, 0.1) is 6.21 Å². The Morgan fingerprint density at radius 1 is 0.900 bits per heavy atom. The number of carbonyl (C=O) groups is 2. The lowest BCUT2D eigenvalue weighted by Gasteiger charge is -2.07. The molecular formula is C23H28FN3O3. The summed E-state index contributed by atoms with van der Waals surface area (Å²) in [5, 5.41) is 8.94. The second-order valence-corrected chi connectivity index (χ2v) is 6.93. The van der Waals surface area contributed by atoms with Crippen molar-refractivity contribution in [3.8, 4) is 0 Å². The van der Waals surface area contributed by atoms with Crippen LogP contribution in [0.1, 0.15) is 57.4 Å². The zero-order valence-electron chi connectivity index (χ0n) is 17.2. The molecule has 0 atom stereocenters. The van der Waals surface area contributed by atoms with Crippen molar-refractivity contribution < 1.29 is 18.8 Å². The summed E-state index contributed by atoms with van der Waals surface area (Å²) in [5.74, 6) is -0.367. The highest BCUT2D eigenvalue weighted by Crippen LogP contribution is 2.15. The van der Waals surface area contributed by atoms with Crippen molar-refractivity contribution in [3.05, 3.63) is 59.9 Å². The number of rotatable bonds is 11. The molecule has 0 fully saturated rings. The Morgan fingerprint density at radius 2 is 1.50 bits per heavy atom. The highest BCUT2D eigenvalue weighted by molar-refractivity contribution is 5.91. The monoisotopic (exact) mass is 413 g/mol. The van der Waals surface area contributed by atoms with Crippen molar-refractivity contribution in [1.29, 1.82) is 0 Å². The van der Waals surface area contributed by atoms with Crippen molar-refractivity contribution in [1.82, 2.24) is 0 Å². The van der Waals surface area contributed by atoms with Crippen LogP contribution in [0.25, 0.3) is 0 Å². The van der Waals surface area contributed by atoms with E-state index in [4.69, 9.17) is 4.84 Å². The molecule has 0 aromatic heterocycles. The van der Waals surface area contributed by atoms with Crippen LogP contribution in [0, 0.1) is 5.82 Å². The van der Waals surface area contributed by atoms with Crippen molar-refractivity contribution in [3.63, 3.8) is 0 Å². The summed E-state index contributed by atoms with van der Waals surface area (Å²) < 4.78 is 12.8. The lowest BCUT2D eigenvalue weighted by atomic mass is 10.1. The molecule has 30 heavy (non-hydrogen) atoms. The molecule has 160 valence electrons. The number of nitrogens with zero attached hydrogens (tertiary/aromatic N) is 1. The Labute approximate surface area is 176 Å². The number of amides is 2. The van der Waals surface area contributed by atoms with Crippen LogP contribution in [0.15, 0.2) is 53.7 Å². The second kappa shape index (κ2) is 13.1. The highest BCUT2D eigenvalue weighted by atomic mass is 19.1. The molecule has 6 nitrogen and oxygen atoms in total. The van der Waals surface area contributed by atoms with E-state index < -0.39 is 6.09 Å². The smallest absolute Gasteiger partial charge is 0.326 e. The van der Waals surface area contributed by atoms with E-state index in [0.717, 1.165) is 12.8 Å². The molecule has 2 amide bonds. The summed E-state index contributed by atoms with van der Waals surface area (Å²) in [7, 11) is 0. The summed E-state index contributed by atoms with van der Waals surface area (Å²) in [5.41, 5.74) is 1.77. The van der Waals surface area contributed by atoms with Gasteiger partial charge >= 0.3 is 6.09 Å². The van der Waals surface area contributed by atoms with Crippen molar-refractivity contribution in [2.24, 2.45) is 5.16 Å². The zero-order chi connectivity index (χ0) is 21.6. The highest BCUT2D eigenvalue weighted by Gasteiger charge is 2.05. The maximum absolute atomic E-state index is 12.8. The van der Waals surface area contributed by atoms with E-state index >= 15 is 0 Å². The minimum Gasteiger partial charge on any atom is -0.326 e. The average molecular weight is 413 g/mol. The van der Waals surface area contributed by atoms with Crippen LogP contribution < -0.4 is 10.6 Å². The first-order valence-electron chi connectivity index (χ1n) is 10.2. The third kappa shape index (κ3) is 9.32. The third-order valence-electron chi connectivity index (χ3n) is 4.38. The zero-order valence-corrected chi connectivity index (χ0v) is 17.2. The Morgan fingerprint density at radius 3 is 2.17 bits per heavy atom. The molecule has 0 bridgehead atoms. The molecule has 0 radical (unpaired) electrons. The number of oxime groups is 1. The van der Waals surface area contributed by atoms with Gasteiger partial charge in [-0.05, 0) is 48.4 Å². The van der Waals surface area contributed by atoms with E-state index in [1.165, 1.54) is 56.2 Å². The molecule has 7 heteroatoms. The lowest BCUT2D eigenvalue weighted by Crippen LogP contribution is -2.12. The SMILES string of the molecule is CCCCCCCCC(=O)Nc1ccc(NC(=O)O/N=C/c2ccc(F)cc2)cc1. The number of carbonyl (C=O) groups excluding carboxylic acids is 2. The molecule has 2 N–H and O–H groups in total. The van der Waals surface area contributed by atoms with Crippen LogP contribution in [0.2, 0.25) is 0 Å². The fraction of sp³-hybridized carbons (Fsp3) is 0.348. The topological polar surface area (TPSA) is 79.8 Å². The van der Waals surface area contributed by atoms with Crippen molar-refractivity contribution in [2.75, 3.05) is 10.6 Å². The Hall–Kier alpha value is -3.22. The van der Waals surface area contributed by atoms with Gasteiger partial charge < -0.3 is 5.32 Å². The number of unbranched alkanes of at least 4 members (excludes halogenated alkanes) is 5. The van der Waals surface area contributed by atoms with Gasteiger partial charge in [0, 0.05) is 17.8 Å². The molecular weight excluding hydrogens is 385 g/mol. The number of anilines is 2. The molecule has 0 aliphatic heterocycles. The van der Waals surface area contributed by atoms with E-state index in [-0.39, 0.29) is 11.7 Å². The van der Waals surface area contributed by atoms with Gasteiger partial charge in [0.15, 0.2) is 0 Å². The minimum atomic E-state index is -0.756. The predicted molar refractivity (Wildman–Crippen MR) is 117 cm³/mol. The fourth-order valence-corrected chi connectivity index (χ4v) is 2.75. The molecule has 2 aromatic rings. The first-order chi connectivity index (χ1) is 14.6. The van der Waals surface area contributed by atoms with Crippen LogP contribution in [-0.4, -0.2) is 18.2 Å². The van der Waals surface area contributed by atoms with Gasteiger partial charge in [-0.25, -0.2) is 9.18 Å². The van der Waals surface area contributed by atoms with E-state index in [1.807, 2.05) is 0 Å². The number of nitrogens with one attached hydrogen (secondary N) is 2. The van der Waals surface area contributed by atoms with Gasteiger partial charge in [0.2, 0.25) is 5.91 Å². The Bertz CT molecular complexity index is 821. The molecule has 0 spiro atoms. The Kier molecular flexibility index (Phi) is 10.1. The number of hydrogen-bond acceptors (Lipinski definition) is 4. The first-order valence-corrected chi connectivity index (χ1v) is 10.2. The van der Waals surface area contributed by atoms with E-state index in [9.17, 15) is 14.0 Å². The maximum Gasteiger partial charge on any atom is 0.437 e. The largest absolute Gasteiger partial charge is 0.437 e. The molecule has 0 aliphatic carbocycles. The third-order valence-corrected chi connectivity index (χ3v) is 4.38. The van der Waals surface area contributed by atoms with Gasteiger partial charge in [0.25, 0.3) is 0 Å². The number of halogens is 1. The standard InChI is InChI=1S/C23H28FN3O3/c1-2-3-4-5-6-7-8-22(28)26-20-13-15-21(16-14-20)27-23(29)30-25-17-18-9-11-19(24)12-10-18/h9-17H,2-8H2,1H3,(H,26,28)(H,27,29)/b25-17+. The minimum absolute atomic E-state index is 0.0132. The van der Waals surface area contributed by atoms with E-state index in [2.05, 4.69) is 22.7 Å². The fourth-order valence-electron chi connectivity index (χ4n) is 2.75. The molecule has 0 saturated carbocycles. The molecule has 0 saturated heterocycles. The van der Waals surface area contributed by atoms with Gasteiger partial charge in [-0.3, -0.25) is 14.9 Å².